The Kier molecular flexibility index (Phi) is 5.60. The number of ether oxygens (including phenoxy) is 1. The lowest BCUT2D eigenvalue weighted by Gasteiger charge is -2.07. The van der Waals surface area contributed by atoms with E-state index >= 15 is 0 Å². The molecule has 0 amide bonds. The molecule has 0 spiro atoms. The second kappa shape index (κ2) is 8.85. The highest BCUT2D eigenvalue weighted by Gasteiger charge is 2.10. The molecule has 3 aromatic carbocycles. The molecule has 0 N–H and O–H groups in total. The van der Waals surface area contributed by atoms with E-state index in [1.165, 1.54) is 0 Å². The molecule has 0 saturated heterocycles. The average molecular weight is 487 g/mol. The lowest BCUT2D eigenvalue weighted by molar-refractivity contribution is 0.306. The fourth-order valence-corrected chi connectivity index (χ4v) is 3.77. The van der Waals surface area contributed by atoms with Crippen LogP contribution in [0.5, 0.6) is 5.75 Å². The zero-order chi connectivity index (χ0) is 21.9. The molecule has 2 heterocycles. The fourth-order valence-electron chi connectivity index (χ4n) is 3.51. The maximum atomic E-state index is 12.9. The summed E-state index contributed by atoms with van der Waals surface area (Å²) in [6, 6.07) is 23.1. The first kappa shape index (κ1) is 20.3. The molecule has 5 aromatic rings. The maximum absolute atomic E-state index is 12.9. The van der Waals surface area contributed by atoms with Gasteiger partial charge in [-0.2, -0.15) is 5.10 Å². The summed E-state index contributed by atoms with van der Waals surface area (Å²) in [5.41, 5.74) is 4.10. The number of benzene rings is 3. The van der Waals surface area contributed by atoms with Crippen LogP contribution in [0.4, 0.5) is 0 Å². The number of aromatic nitrogens is 2. The average Bonchev–Trinajstić information content (AvgIpc) is 3.31. The largest absolute Gasteiger partial charge is 0.489 e. The van der Waals surface area contributed by atoms with Crippen molar-refractivity contribution in [3.63, 3.8) is 0 Å². The minimum Gasteiger partial charge on any atom is -0.489 e. The molecular weight excluding hydrogens is 468 g/mol. The molecule has 0 saturated carbocycles. The van der Waals surface area contributed by atoms with Gasteiger partial charge >= 0.3 is 0 Å². The minimum atomic E-state index is -0.0233. The van der Waals surface area contributed by atoms with Crippen molar-refractivity contribution in [2.75, 3.05) is 0 Å². The van der Waals surface area contributed by atoms with E-state index < -0.39 is 0 Å². The molecule has 2 aromatic heterocycles. The van der Waals surface area contributed by atoms with Gasteiger partial charge in [0, 0.05) is 34.3 Å². The Balaban J connectivity index is 1.31. The van der Waals surface area contributed by atoms with E-state index in [2.05, 4.69) is 21.0 Å². The number of hydrogen-bond donors (Lipinski definition) is 0. The van der Waals surface area contributed by atoms with Crippen LogP contribution in [-0.2, 0) is 13.0 Å². The van der Waals surface area contributed by atoms with E-state index in [9.17, 15) is 4.79 Å². The molecule has 0 radical (unpaired) electrons. The molecular formula is C26H19BrN2O3. The number of nitrogens with zero attached hydrogens (tertiary/aromatic N) is 2. The summed E-state index contributed by atoms with van der Waals surface area (Å²) in [4.78, 5) is 12.9. The number of halogens is 1. The van der Waals surface area contributed by atoms with Gasteiger partial charge in [0.15, 0.2) is 5.43 Å². The topological polar surface area (TPSA) is 57.3 Å². The van der Waals surface area contributed by atoms with Gasteiger partial charge in [0.1, 0.15) is 17.9 Å². The Morgan fingerprint density at radius 3 is 2.59 bits per heavy atom. The standard InChI is InChI=1S/C26H19BrN2O3/c27-21-8-6-18(7-9-21)12-20-17-32-25-13-23(10-11-24(25)26(20)30)31-16-19-14-28-29(15-19)22-4-2-1-3-5-22/h1-11,13-15,17H,12,16H2. The predicted octanol–water partition coefficient (Wildman–Crippen LogP) is 5.91. The minimum absolute atomic E-state index is 0.0233. The highest BCUT2D eigenvalue weighted by molar-refractivity contribution is 9.10. The number of fused-ring (bicyclic) bond motifs is 1. The monoisotopic (exact) mass is 486 g/mol. The van der Waals surface area contributed by atoms with E-state index in [1.807, 2.05) is 65.5 Å². The highest BCUT2D eigenvalue weighted by Crippen LogP contribution is 2.21. The second-order valence-corrected chi connectivity index (χ2v) is 8.38. The quantitative estimate of drug-likeness (QED) is 0.299. The lowest BCUT2D eigenvalue weighted by atomic mass is 10.1. The third-order valence-electron chi connectivity index (χ3n) is 5.19. The number of para-hydroxylation sites is 1. The van der Waals surface area contributed by atoms with Crippen LogP contribution in [0.25, 0.3) is 16.7 Å². The van der Waals surface area contributed by atoms with Crippen molar-refractivity contribution in [1.82, 2.24) is 9.78 Å². The molecule has 6 heteroatoms. The summed E-state index contributed by atoms with van der Waals surface area (Å²) in [6.07, 6.45) is 5.78. The number of hydrogen-bond acceptors (Lipinski definition) is 4. The van der Waals surface area contributed by atoms with Gasteiger partial charge in [0.2, 0.25) is 0 Å². The summed E-state index contributed by atoms with van der Waals surface area (Å²) in [5, 5.41) is 4.93. The fraction of sp³-hybridized carbons (Fsp3) is 0.0769. The Morgan fingerprint density at radius 2 is 1.78 bits per heavy atom. The van der Waals surface area contributed by atoms with Crippen LogP contribution in [0.1, 0.15) is 16.7 Å². The van der Waals surface area contributed by atoms with Crippen LogP contribution < -0.4 is 10.2 Å². The van der Waals surface area contributed by atoms with Crippen molar-refractivity contribution < 1.29 is 9.15 Å². The van der Waals surface area contributed by atoms with E-state index in [4.69, 9.17) is 9.15 Å². The van der Waals surface area contributed by atoms with Gasteiger partial charge in [-0.05, 0) is 42.0 Å². The summed E-state index contributed by atoms with van der Waals surface area (Å²) < 4.78 is 14.5. The van der Waals surface area contributed by atoms with Gasteiger partial charge in [-0.15, -0.1) is 0 Å². The van der Waals surface area contributed by atoms with Crippen molar-refractivity contribution >= 4 is 26.9 Å². The Bertz CT molecular complexity index is 1420. The molecule has 0 aliphatic carbocycles. The zero-order valence-electron chi connectivity index (χ0n) is 17.1. The first-order valence-electron chi connectivity index (χ1n) is 10.2. The second-order valence-electron chi connectivity index (χ2n) is 7.47. The van der Waals surface area contributed by atoms with Crippen LogP contribution in [0, 0.1) is 0 Å². The third-order valence-corrected chi connectivity index (χ3v) is 5.72. The van der Waals surface area contributed by atoms with Crippen LogP contribution in [0.3, 0.4) is 0 Å². The van der Waals surface area contributed by atoms with Gasteiger partial charge < -0.3 is 9.15 Å². The SMILES string of the molecule is O=c1c(Cc2ccc(Br)cc2)coc2cc(OCc3cnn(-c4ccccc4)c3)ccc12. The first-order valence-corrected chi connectivity index (χ1v) is 11.0. The maximum Gasteiger partial charge on any atom is 0.196 e. The smallest absolute Gasteiger partial charge is 0.196 e. The van der Waals surface area contributed by atoms with Crippen molar-refractivity contribution in [2.24, 2.45) is 0 Å². The molecule has 0 unspecified atom stereocenters. The van der Waals surface area contributed by atoms with Gasteiger partial charge in [0.05, 0.1) is 23.5 Å². The van der Waals surface area contributed by atoms with Gasteiger partial charge in [-0.3, -0.25) is 4.79 Å². The molecule has 0 fully saturated rings. The molecule has 5 nitrogen and oxygen atoms in total. The molecule has 0 atom stereocenters. The van der Waals surface area contributed by atoms with Crippen LogP contribution >= 0.6 is 15.9 Å². The van der Waals surface area contributed by atoms with E-state index in [-0.39, 0.29) is 5.43 Å². The Hall–Kier alpha value is -3.64. The van der Waals surface area contributed by atoms with Crippen molar-refractivity contribution in [3.05, 3.63) is 123 Å². The van der Waals surface area contributed by atoms with E-state index in [1.54, 1.807) is 30.7 Å². The molecule has 0 bridgehead atoms. The predicted molar refractivity (Wildman–Crippen MR) is 127 cm³/mol. The summed E-state index contributed by atoms with van der Waals surface area (Å²) in [6.45, 7) is 0.365. The Morgan fingerprint density at radius 1 is 0.969 bits per heavy atom. The van der Waals surface area contributed by atoms with Crippen molar-refractivity contribution in [2.45, 2.75) is 13.0 Å². The summed E-state index contributed by atoms with van der Waals surface area (Å²) in [7, 11) is 0. The van der Waals surface area contributed by atoms with Gasteiger partial charge in [0.25, 0.3) is 0 Å². The van der Waals surface area contributed by atoms with Crippen LogP contribution in [0.15, 0.2) is 105 Å². The zero-order valence-corrected chi connectivity index (χ0v) is 18.7. The third kappa shape index (κ3) is 4.36. The van der Waals surface area contributed by atoms with Crippen molar-refractivity contribution in [1.29, 1.82) is 0 Å². The Labute approximate surface area is 193 Å². The molecule has 5 rings (SSSR count). The normalized spacial score (nSPS) is 11.0. The van der Waals surface area contributed by atoms with Crippen molar-refractivity contribution in [3.8, 4) is 11.4 Å². The summed E-state index contributed by atoms with van der Waals surface area (Å²) in [5.74, 6) is 0.633. The molecule has 32 heavy (non-hydrogen) atoms. The van der Waals surface area contributed by atoms with Gasteiger partial charge in [-0.25, -0.2) is 4.68 Å². The van der Waals surface area contributed by atoms with Gasteiger partial charge in [-0.1, -0.05) is 46.3 Å². The molecule has 158 valence electrons. The van der Waals surface area contributed by atoms with E-state index in [0.29, 0.717) is 35.3 Å². The number of rotatable bonds is 6. The van der Waals surface area contributed by atoms with Crippen LogP contribution in [-0.4, -0.2) is 9.78 Å². The first-order chi connectivity index (χ1) is 15.7. The van der Waals surface area contributed by atoms with Crippen LogP contribution in [0.2, 0.25) is 0 Å². The molecule has 0 aliphatic heterocycles. The highest BCUT2D eigenvalue weighted by atomic mass is 79.9. The summed E-state index contributed by atoms with van der Waals surface area (Å²) >= 11 is 3.43. The van der Waals surface area contributed by atoms with E-state index in [0.717, 1.165) is 21.3 Å². The lowest BCUT2D eigenvalue weighted by Crippen LogP contribution is -2.09. The molecule has 0 aliphatic rings.